The molecule has 26 heavy (non-hydrogen) atoms. The van der Waals surface area contributed by atoms with Gasteiger partial charge in [-0.2, -0.15) is 0 Å². The zero-order valence-electron chi connectivity index (χ0n) is 15.1. The van der Waals surface area contributed by atoms with Gasteiger partial charge in [-0.25, -0.2) is 9.97 Å². The van der Waals surface area contributed by atoms with Gasteiger partial charge in [-0.3, -0.25) is 4.79 Å². The Morgan fingerprint density at radius 3 is 2.65 bits per heavy atom. The number of rotatable bonds is 4. The van der Waals surface area contributed by atoms with Crippen molar-refractivity contribution in [3.63, 3.8) is 0 Å². The van der Waals surface area contributed by atoms with Crippen LogP contribution in [0.3, 0.4) is 0 Å². The number of benzene rings is 1. The molecule has 0 unspecified atom stereocenters. The highest BCUT2D eigenvalue weighted by Crippen LogP contribution is 2.50. The Morgan fingerprint density at radius 2 is 1.92 bits per heavy atom. The summed E-state index contributed by atoms with van der Waals surface area (Å²) < 4.78 is 0. The summed E-state index contributed by atoms with van der Waals surface area (Å²) in [6.45, 7) is 2.27. The molecule has 6 nitrogen and oxygen atoms in total. The topological polar surface area (TPSA) is 70.2 Å². The number of likely N-dealkylation sites (N-methyl/N-ethyl adjacent to an activating group) is 1. The van der Waals surface area contributed by atoms with Gasteiger partial charge in [-0.1, -0.05) is 24.3 Å². The van der Waals surface area contributed by atoms with Crippen LogP contribution in [0.15, 0.2) is 42.7 Å². The summed E-state index contributed by atoms with van der Waals surface area (Å²) in [4.78, 5) is 22.7. The maximum atomic E-state index is 11.7. The molecule has 1 spiro atoms. The summed E-state index contributed by atoms with van der Waals surface area (Å²) in [5, 5.41) is 6.14. The Morgan fingerprint density at radius 1 is 1.19 bits per heavy atom. The lowest BCUT2D eigenvalue weighted by Crippen LogP contribution is -2.43. The molecule has 1 aromatic heterocycles. The summed E-state index contributed by atoms with van der Waals surface area (Å²) >= 11 is 0. The number of carbonyl (C=O) groups is 1. The maximum Gasteiger partial charge on any atom is 0.233 e. The van der Waals surface area contributed by atoms with Crippen LogP contribution in [0.2, 0.25) is 0 Å². The van der Waals surface area contributed by atoms with Crippen molar-refractivity contribution in [3.8, 4) is 0 Å². The first-order chi connectivity index (χ1) is 12.7. The molecule has 1 aliphatic carbocycles. The lowest BCUT2D eigenvalue weighted by Gasteiger charge is -2.40. The van der Waals surface area contributed by atoms with E-state index in [1.54, 1.807) is 19.4 Å². The van der Waals surface area contributed by atoms with Crippen molar-refractivity contribution in [2.45, 2.75) is 30.7 Å². The Hall–Kier alpha value is -2.47. The Bertz CT molecular complexity index is 771. The zero-order valence-corrected chi connectivity index (χ0v) is 15.1. The highest BCUT2D eigenvalue weighted by Gasteiger charge is 2.45. The number of amides is 1. The molecular weight excluding hydrogens is 326 g/mol. The molecule has 2 aromatic rings. The van der Waals surface area contributed by atoms with Gasteiger partial charge < -0.3 is 15.5 Å². The van der Waals surface area contributed by atoms with E-state index in [0.29, 0.717) is 6.54 Å². The van der Waals surface area contributed by atoms with Crippen LogP contribution in [0.4, 0.5) is 5.95 Å². The van der Waals surface area contributed by atoms with Crippen LogP contribution >= 0.6 is 0 Å². The van der Waals surface area contributed by atoms with Crippen molar-refractivity contribution in [1.82, 2.24) is 20.6 Å². The van der Waals surface area contributed by atoms with Gasteiger partial charge in [-0.15, -0.1) is 0 Å². The summed E-state index contributed by atoms with van der Waals surface area (Å²) in [7, 11) is 1.68. The van der Waals surface area contributed by atoms with Gasteiger partial charge >= 0.3 is 0 Å². The fourth-order valence-corrected chi connectivity index (χ4v) is 4.44. The second-order valence-electron chi connectivity index (χ2n) is 7.21. The Labute approximate surface area is 154 Å². The fourth-order valence-electron chi connectivity index (χ4n) is 4.44. The molecule has 0 saturated carbocycles. The van der Waals surface area contributed by atoms with E-state index in [1.807, 2.05) is 6.07 Å². The molecule has 6 heteroatoms. The van der Waals surface area contributed by atoms with Gasteiger partial charge in [0.15, 0.2) is 0 Å². The Balaban J connectivity index is 1.51. The standard InChI is InChI=1S/C20H25N5O/c1-21-18(26)14-24-17-13-20(16-6-3-2-5-15(16)17)7-11-25(12-8-20)19-22-9-4-10-23-19/h2-6,9-10,17,24H,7-8,11-14H2,1H3,(H,21,26)/t17-/m0/s1. The van der Waals surface area contributed by atoms with Crippen LogP contribution in [-0.4, -0.2) is 42.6 Å². The van der Waals surface area contributed by atoms with E-state index in [2.05, 4.69) is 49.8 Å². The predicted octanol–water partition coefficient (Wildman–Crippen LogP) is 1.80. The van der Waals surface area contributed by atoms with Gasteiger partial charge in [0.1, 0.15) is 0 Å². The number of nitrogens with zero attached hydrogens (tertiary/aromatic N) is 3. The van der Waals surface area contributed by atoms with E-state index in [1.165, 1.54) is 11.1 Å². The lowest BCUT2D eigenvalue weighted by atomic mass is 9.73. The number of piperidine rings is 1. The van der Waals surface area contributed by atoms with E-state index in [-0.39, 0.29) is 17.4 Å². The summed E-state index contributed by atoms with van der Waals surface area (Å²) in [6, 6.07) is 10.8. The SMILES string of the molecule is CNC(=O)CN[C@H]1CC2(CCN(c3ncccn3)CC2)c2ccccc21. The Kier molecular flexibility index (Phi) is 4.59. The van der Waals surface area contributed by atoms with Gasteiger partial charge in [0.05, 0.1) is 6.54 Å². The van der Waals surface area contributed by atoms with Crippen molar-refractivity contribution in [3.05, 3.63) is 53.9 Å². The smallest absolute Gasteiger partial charge is 0.233 e. The minimum Gasteiger partial charge on any atom is -0.358 e. The number of aromatic nitrogens is 2. The molecule has 0 radical (unpaired) electrons. The van der Waals surface area contributed by atoms with Crippen molar-refractivity contribution in [1.29, 1.82) is 0 Å². The molecule has 1 fully saturated rings. The van der Waals surface area contributed by atoms with Gasteiger partial charge in [0.25, 0.3) is 0 Å². The summed E-state index contributed by atoms with van der Waals surface area (Å²) in [5.74, 6) is 0.849. The molecule has 1 aliphatic heterocycles. The molecule has 1 atom stereocenters. The molecule has 1 saturated heterocycles. The van der Waals surface area contributed by atoms with Gasteiger partial charge in [-0.05, 0) is 36.5 Å². The van der Waals surface area contributed by atoms with Crippen molar-refractivity contribution in [2.75, 3.05) is 31.6 Å². The van der Waals surface area contributed by atoms with E-state index in [9.17, 15) is 4.79 Å². The van der Waals surface area contributed by atoms with Crippen molar-refractivity contribution >= 4 is 11.9 Å². The molecule has 4 rings (SSSR count). The van der Waals surface area contributed by atoms with Crippen LogP contribution in [0, 0.1) is 0 Å². The number of hydrogen-bond acceptors (Lipinski definition) is 5. The third kappa shape index (κ3) is 3.05. The average Bonchev–Trinajstić information content (AvgIpc) is 3.01. The number of anilines is 1. The first kappa shape index (κ1) is 17.0. The molecule has 2 heterocycles. The lowest BCUT2D eigenvalue weighted by molar-refractivity contribution is -0.119. The van der Waals surface area contributed by atoms with E-state index >= 15 is 0 Å². The summed E-state index contributed by atoms with van der Waals surface area (Å²) in [6.07, 6.45) is 6.82. The van der Waals surface area contributed by atoms with Gasteiger partial charge in [0, 0.05) is 44.0 Å². The molecular formula is C20H25N5O. The third-order valence-corrected chi connectivity index (χ3v) is 5.85. The average molecular weight is 351 g/mol. The van der Waals surface area contributed by atoms with Crippen molar-refractivity contribution < 1.29 is 4.79 Å². The normalized spacial score (nSPS) is 20.8. The molecule has 1 aromatic carbocycles. The zero-order chi connectivity index (χ0) is 18.0. The molecule has 1 amide bonds. The van der Waals surface area contributed by atoms with Gasteiger partial charge in [0.2, 0.25) is 11.9 Å². The summed E-state index contributed by atoms with van der Waals surface area (Å²) in [5.41, 5.74) is 2.98. The largest absolute Gasteiger partial charge is 0.358 e. The minimum atomic E-state index is 0.0273. The van der Waals surface area contributed by atoms with Crippen LogP contribution in [0.1, 0.15) is 36.4 Å². The van der Waals surface area contributed by atoms with Crippen LogP contribution in [0.25, 0.3) is 0 Å². The van der Waals surface area contributed by atoms with Crippen LogP contribution in [-0.2, 0) is 10.2 Å². The highest BCUT2D eigenvalue weighted by atomic mass is 16.1. The number of carbonyl (C=O) groups excluding carboxylic acids is 1. The van der Waals surface area contributed by atoms with E-state index < -0.39 is 0 Å². The first-order valence-corrected chi connectivity index (χ1v) is 9.27. The monoisotopic (exact) mass is 351 g/mol. The second kappa shape index (κ2) is 7.03. The number of nitrogens with one attached hydrogen (secondary N) is 2. The van der Waals surface area contributed by atoms with Crippen LogP contribution < -0.4 is 15.5 Å². The highest BCUT2D eigenvalue weighted by molar-refractivity contribution is 5.77. The molecule has 136 valence electrons. The predicted molar refractivity (Wildman–Crippen MR) is 101 cm³/mol. The van der Waals surface area contributed by atoms with Crippen LogP contribution in [0.5, 0.6) is 0 Å². The minimum absolute atomic E-state index is 0.0273. The number of fused-ring (bicyclic) bond motifs is 2. The van der Waals surface area contributed by atoms with E-state index in [4.69, 9.17) is 0 Å². The molecule has 2 aliphatic rings. The third-order valence-electron chi connectivity index (χ3n) is 5.85. The fraction of sp³-hybridized carbons (Fsp3) is 0.450. The molecule has 2 N–H and O–H groups in total. The van der Waals surface area contributed by atoms with Crippen molar-refractivity contribution in [2.24, 2.45) is 0 Å². The maximum absolute atomic E-state index is 11.7. The number of hydrogen-bond donors (Lipinski definition) is 2. The molecule has 0 bridgehead atoms. The van der Waals surface area contributed by atoms with E-state index in [0.717, 1.165) is 38.3 Å². The second-order valence-corrected chi connectivity index (χ2v) is 7.21. The first-order valence-electron chi connectivity index (χ1n) is 9.27. The quantitative estimate of drug-likeness (QED) is 0.879.